The van der Waals surface area contributed by atoms with Crippen LogP contribution in [0.2, 0.25) is 0 Å². The number of hydrogen-bond acceptors (Lipinski definition) is 2. The molecule has 0 aromatic heterocycles. The first-order chi connectivity index (χ1) is 16.8. The zero-order chi connectivity index (χ0) is 23.2. The van der Waals surface area contributed by atoms with Gasteiger partial charge in [0.1, 0.15) is 0 Å². The molecule has 4 aromatic carbocycles. The first kappa shape index (κ1) is 21.9. The average Bonchev–Trinajstić information content (AvgIpc) is 2.91. The standard InChI is InChI=1S/C32H29NO/c34-31-27(25-33(29-19-9-3-10-20-29)30-21-11-4-12-22-30)16-13-23-32(31,28-17-7-2-8-18-28)24-26-14-5-1-6-15-26/h1-12,14-15,17-22,25H,13,16,23-24H2/b27-25+. The molecule has 1 fully saturated rings. The van der Waals surface area contributed by atoms with Crippen molar-refractivity contribution in [3.63, 3.8) is 0 Å². The molecule has 1 aliphatic carbocycles. The molecule has 0 radical (unpaired) electrons. The molecule has 2 heteroatoms. The molecule has 1 aliphatic rings. The van der Waals surface area contributed by atoms with E-state index in [-0.39, 0.29) is 5.78 Å². The van der Waals surface area contributed by atoms with Gasteiger partial charge in [0.2, 0.25) is 0 Å². The summed E-state index contributed by atoms with van der Waals surface area (Å²) in [5.41, 5.74) is 4.75. The summed E-state index contributed by atoms with van der Waals surface area (Å²) in [6.45, 7) is 0. The summed E-state index contributed by atoms with van der Waals surface area (Å²) in [5, 5.41) is 0. The van der Waals surface area contributed by atoms with E-state index in [1.54, 1.807) is 0 Å². The second-order valence-electron chi connectivity index (χ2n) is 8.99. The lowest BCUT2D eigenvalue weighted by Gasteiger charge is -2.38. The summed E-state index contributed by atoms with van der Waals surface area (Å²) in [5.74, 6) is 0.241. The number of anilines is 2. The molecular formula is C32H29NO. The lowest BCUT2D eigenvalue weighted by atomic mass is 9.64. The monoisotopic (exact) mass is 443 g/mol. The van der Waals surface area contributed by atoms with Crippen LogP contribution in [0.4, 0.5) is 11.4 Å². The van der Waals surface area contributed by atoms with Crippen molar-refractivity contribution >= 4 is 17.2 Å². The Bertz CT molecular complexity index is 1210. The third-order valence-electron chi connectivity index (χ3n) is 6.80. The molecule has 4 aromatic rings. The van der Waals surface area contributed by atoms with E-state index in [1.807, 2.05) is 60.7 Å². The van der Waals surface area contributed by atoms with E-state index in [2.05, 4.69) is 71.8 Å². The fraction of sp³-hybridized carbons (Fsp3) is 0.156. The number of carbonyl (C=O) groups excluding carboxylic acids is 1. The number of rotatable bonds is 6. The molecular weight excluding hydrogens is 414 g/mol. The van der Waals surface area contributed by atoms with E-state index in [9.17, 15) is 4.79 Å². The highest BCUT2D eigenvalue weighted by atomic mass is 16.1. The summed E-state index contributed by atoms with van der Waals surface area (Å²) < 4.78 is 0. The van der Waals surface area contributed by atoms with Gasteiger partial charge in [-0.25, -0.2) is 0 Å². The lowest BCUT2D eigenvalue weighted by Crippen LogP contribution is -2.42. The number of nitrogens with zero attached hydrogens (tertiary/aromatic N) is 1. The number of carbonyl (C=O) groups is 1. The Balaban J connectivity index is 1.60. The molecule has 0 N–H and O–H groups in total. The van der Waals surface area contributed by atoms with Gasteiger partial charge in [-0.3, -0.25) is 4.79 Å². The van der Waals surface area contributed by atoms with Crippen LogP contribution in [0.5, 0.6) is 0 Å². The summed E-state index contributed by atoms with van der Waals surface area (Å²) in [6, 6.07) is 41.3. The van der Waals surface area contributed by atoms with Gasteiger partial charge in [-0.1, -0.05) is 97.1 Å². The summed E-state index contributed by atoms with van der Waals surface area (Å²) in [6.07, 6.45) is 5.42. The molecule has 34 heavy (non-hydrogen) atoms. The van der Waals surface area contributed by atoms with Crippen LogP contribution in [0, 0.1) is 0 Å². The Kier molecular flexibility index (Phi) is 6.40. The Hall–Kier alpha value is -3.91. The van der Waals surface area contributed by atoms with Crippen LogP contribution >= 0.6 is 0 Å². The topological polar surface area (TPSA) is 20.3 Å². The fourth-order valence-electron chi connectivity index (χ4n) is 5.12. The maximum atomic E-state index is 14.4. The molecule has 5 rings (SSSR count). The highest BCUT2D eigenvalue weighted by Crippen LogP contribution is 2.42. The van der Waals surface area contributed by atoms with Gasteiger partial charge in [0, 0.05) is 23.1 Å². The maximum absolute atomic E-state index is 14.4. The highest BCUT2D eigenvalue weighted by Gasteiger charge is 2.43. The quantitative estimate of drug-likeness (QED) is 0.285. The Morgan fingerprint density at radius 3 is 1.74 bits per heavy atom. The van der Waals surface area contributed by atoms with E-state index in [4.69, 9.17) is 0 Å². The summed E-state index contributed by atoms with van der Waals surface area (Å²) in [7, 11) is 0. The van der Waals surface area contributed by atoms with Gasteiger partial charge < -0.3 is 4.90 Å². The first-order valence-electron chi connectivity index (χ1n) is 12.0. The SMILES string of the molecule is O=C1/C(=C/N(c2ccccc2)c2ccccc2)CCCC1(Cc1ccccc1)c1ccccc1. The number of allylic oxidation sites excluding steroid dienone is 1. The van der Waals surface area contributed by atoms with Crippen LogP contribution in [-0.2, 0) is 16.6 Å². The molecule has 168 valence electrons. The largest absolute Gasteiger partial charge is 0.317 e. The second-order valence-corrected chi connectivity index (χ2v) is 8.99. The van der Waals surface area contributed by atoms with Crippen LogP contribution in [0.25, 0.3) is 0 Å². The Labute approximate surface area is 202 Å². The van der Waals surface area contributed by atoms with E-state index in [1.165, 1.54) is 5.56 Å². The van der Waals surface area contributed by atoms with Crippen molar-refractivity contribution in [2.24, 2.45) is 0 Å². The number of para-hydroxylation sites is 2. The molecule has 1 saturated carbocycles. The van der Waals surface area contributed by atoms with Gasteiger partial charge in [0.15, 0.2) is 5.78 Å². The van der Waals surface area contributed by atoms with Gasteiger partial charge in [-0.05, 0) is 61.1 Å². The van der Waals surface area contributed by atoms with Crippen molar-refractivity contribution < 1.29 is 4.79 Å². The van der Waals surface area contributed by atoms with Crippen molar-refractivity contribution in [1.82, 2.24) is 0 Å². The number of hydrogen-bond donors (Lipinski definition) is 0. The third kappa shape index (κ3) is 4.45. The fourth-order valence-corrected chi connectivity index (χ4v) is 5.12. The molecule has 2 nitrogen and oxygen atoms in total. The zero-order valence-electron chi connectivity index (χ0n) is 19.3. The van der Waals surface area contributed by atoms with E-state index >= 15 is 0 Å². The van der Waals surface area contributed by atoms with Crippen LogP contribution in [0.15, 0.2) is 133 Å². The minimum Gasteiger partial charge on any atom is -0.317 e. The predicted octanol–water partition coefficient (Wildman–Crippen LogP) is 7.64. The van der Waals surface area contributed by atoms with Crippen molar-refractivity contribution in [3.05, 3.63) is 144 Å². The normalized spacial score (nSPS) is 19.2. The molecule has 0 bridgehead atoms. The van der Waals surface area contributed by atoms with Crippen LogP contribution in [-0.4, -0.2) is 5.78 Å². The second kappa shape index (κ2) is 9.93. The summed E-state index contributed by atoms with van der Waals surface area (Å²) in [4.78, 5) is 16.5. The van der Waals surface area contributed by atoms with Crippen LogP contribution in [0.3, 0.4) is 0 Å². The minimum atomic E-state index is -0.550. The molecule has 0 saturated heterocycles. The molecule has 0 aliphatic heterocycles. The zero-order valence-corrected chi connectivity index (χ0v) is 19.3. The number of benzene rings is 4. The van der Waals surface area contributed by atoms with E-state index in [0.717, 1.165) is 41.8 Å². The Morgan fingerprint density at radius 2 is 1.18 bits per heavy atom. The van der Waals surface area contributed by atoms with Gasteiger partial charge in [-0.2, -0.15) is 0 Å². The van der Waals surface area contributed by atoms with E-state index in [0.29, 0.717) is 6.42 Å². The van der Waals surface area contributed by atoms with Crippen molar-refractivity contribution in [1.29, 1.82) is 0 Å². The van der Waals surface area contributed by atoms with Gasteiger partial charge >= 0.3 is 0 Å². The van der Waals surface area contributed by atoms with Crippen LogP contribution in [0.1, 0.15) is 30.4 Å². The first-order valence-corrected chi connectivity index (χ1v) is 12.0. The Morgan fingerprint density at radius 1 is 0.676 bits per heavy atom. The molecule has 1 unspecified atom stereocenters. The molecule has 0 heterocycles. The smallest absolute Gasteiger partial charge is 0.171 e. The van der Waals surface area contributed by atoms with Gasteiger partial charge in [-0.15, -0.1) is 0 Å². The van der Waals surface area contributed by atoms with Crippen LogP contribution < -0.4 is 4.90 Å². The third-order valence-corrected chi connectivity index (χ3v) is 6.80. The van der Waals surface area contributed by atoms with Crippen molar-refractivity contribution in [2.75, 3.05) is 4.90 Å². The van der Waals surface area contributed by atoms with Gasteiger partial charge in [0.25, 0.3) is 0 Å². The minimum absolute atomic E-state index is 0.241. The van der Waals surface area contributed by atoms with Crippen molar-refractivity contribution in [3.8, 4) is 0 Å². The highest BCUT2D eigenvalue weighted by molar-refractivity contribution is 6.05. The summed E-state index contributed by atoms with van der Waals surface area (Å²) >= 11 is 0. The van der Waals surface area contributed by atoms with E-state index < -0.39 is 5.41 Å². The number of ketones is 1. The maximum Gasteiger partial charge on any atom is 0.171 e. The molecule has 1 atom stereocenters. The predicted molar refractivity (Wildman–Crippen MR) is 140 cm³/mol. The van der Waals surface area contributed by atoms with Gasteiger partial charge in [0.05, 0.1) is 5.41 Å². The number of Topliss-reactive ketones (excluding diaryl/α,β-unsaturated/α-hetero) is 1. The molecule has 0 amide bonds. The lowest BCUT2D eigenvalue weighted by molar-refractivity contribution is -0.122. The molecule has 0 spiro atoms. The average molecular weight is 444 g/mol. The van der Waals surface area contributed by atoms with Crippen molar-refractivity contribution in [2.45, 2.75) is 31.1 Å².